The van der Waals surface area contributed by atoms with Crippen LogP contribution in [0, 0.1) is 21.8 Å². The van der Waals surface area contributed by atoms with Gasteiger partial charge in [-0.1, -0.05) is 12.1 Å². The molecule has 78 valence electrons. The Morgan fingerprint density at radius 3 is 2.47 bits per heavy atom. The van der Waals surface area contributed by atoms with Gasteiger partial charge in [0.05, 0.1) is 37.6 Å². The minimum Gasteiger partial charge on any atom is -0.376 e. The van der Waals surface area contributed by atoms with Gasteiger partial charge >= 0.3 is 0 Å². The van der Waals surface area contributed by atoms with Gasteiger partial charge in [0.25, 0.3) is 0 Å². The fourth-order valence-electron chi connectivity index (χ4n) is 1.49. The van der Waals surface area contributed by atoms with E-state index in [0.29, 0.717) is 6.10 Å². The lowest BCUT2D eigenvalue weighted by atomic mass is 10.0. The van der Waals surface area contributed by atoms with E-state index in [2.05, 4.69) is 6.07 Å². The van der Waals surface area contributed by atoms with Gasteiger partial charge in [0.1, 0.15) is 0 Å². The van der Waals surface area contributed by atoms with Gasteiger partial charge in [-0.25, -0.2) is 0 Å². The maximum Gasteiger partial charge on any atom is 0.0998 e. The Bertz CT molecular complexity index is 469. The Kier molecular flexibility index (Phi) is 3.00. The van der Waals surface area contributed by atoms with Crippen molar-refractivity contribution in [3.05, 3.63) is 34.2 Å². The summed E-state index contributed by atoms with van der Waals surface area (Å²) in [7, 11) is 0. The minimum atomic E-state index is 0.314. The molecule has 0 aromatic carbocycles. The lowest BCUT2D eigenvalue weighted by molar-refractivity contribution is -0.0797. The van der Waals surface area contributed by atoms with Crippen molar-refractivity contribution in [2.45, 2.75) is 13.0 Å². The first-order chi connectivity index (χ1) is 7.31. The average Bonchev–Trinajstić information content (AvgIpc) is 2.24. The quantitative estimate of drug-likeness (QED) is 0.652. The topological polar surface area (TPSA) is 42.2 Å². The SMILES string of the molecule is CC1COCCO1.N#Cc1cc2ccc1=2. The summed E-state index contributed by atoms with van der Waals surface area (Å²) in [4.78, 5) is 0. The molecular weight excluding hydrogens is 190 g/mol. The van der Waals surface area contributed by atoms with E-state index in [1.165, 1.54) is 5.22 Å². The number of rotatable bonds is 0. The van der Waals surface area contributed by atoms with Gasteiger partial charge in [0, 0.05) is 0 Å². The summed E-state index contributed by atoms with van der Waals surface area (Å²) >= 11 is 0. The van der Waals surface area contributed by atoms with Crippen LogP contribution in [0.25, 0.3) is 0 Å². The van der Waals surface area contributed by atoms with Gasteiger partial charge in [-0.15, -0.1) is 0 Å². The fraction of sp³-hybridized carbons (Fsp3) is 0.417. The summed E-state index contributed by atoms with van der Waals surface area (Å²) in [5.74, 6) is 0. The fourth-order valence-corrected chi connectivity index (χ4v) is 1.49. The van der Waals surface area contributed by atoms with E-state index in [0.717, 1.165) is 30.6 Å². The predicted octanol–water partition coefficient (Wildman–Crippen LogP) is 1.58. The highest BCUT2D eigenvalue weighted by Gasteiger charge is 2.06. The summed E-state index contributed by atoms with van der Waals surface area (Å²) in [6.45, 7) is 4.31. The molecule has 0 spiro atoms. The van der Waals surface area contributed by atoms with Gasteiger partial charge in [-0.05, 0) is 23.4 Å². The molecule has 0 saturated carbocycles. The lowest BCUT2D eigenvalue weighted by Crippen LogP contribution is -2.25. The Balaban J connectivity index is 0.000000115. The molecule has 2 aliphatic carbocycles. The van der Waals surface area contributed by atoms with Crippen LogP contribution >= 0.6 is 0 Å². The summed E-state index contributed by atoms with van der Waals surface area (Å²) in [6.07, 6.45) is 0.314. The predicted molar refractivity (Wildman–Crippen MR) is 55.1 cm³/mol. The molecule has 0 aromatic heterocycles. The van der Waals surface area contributed by atoms with Crippen LogP contribution in [0.2, 0.25) is 0 Å². The second-order valence-corrected chi connectivity index (χ2v) is 3.63. The van der Waals surface area contributed by atoms with Crippen LogP contribution in [0.15, 0.2) is 18.2 Å². The van der Waals surface area contributed by atoms with Gasteiger partial charge < -0.3 is 9.47 Å². The molecule has 0 radical (unpaired) electrons. The van der Waals surface area contributed by atoms with E-state index in [1.54, 1.807) is 0 Å². The summed E-state index contributed by atoms with van der Waals surface area (Å²) in [5.41, 5.74) is 0.836. The minimum absolute atomic E-state index is 0.314. The highest BCUT2D eigenvalue weighted by molar-refractivity contribution is 5.41. The zero-order valence-corrected chi connectivity index (χ0v) is 8.69. The normalized spacial score (nSPS) is 20.9. The zero-order valence-electron chi connectivity index (χ0n) is 8.69. The van der Waals surface area contributed by atoms with Gasteiger partial charge in [-0.2, -0.15) is 5.26 Å². The molecule has 1 heterocycles. The van der Waals surface area contributed by atoms with E-state index < -0.39 is 0 Å². The smallest absolute Gasteiger partial charge is 0.0998 e. The summed E-state index contributed by atoms with van der Waals surface area (Å²) in [5, 5.41) is 10.7. The molecule has 0 N–H and O–H groups in total. The van der Waals surface area contributed by atoms with Crippen molar-refractivity contribution in [1.29, 1.82) is 5.26 Å². The third-order valence-corrected chi connectivity index (χ3v) is 2.43. The number of benzene rings is 1. The van der Waals surface area contributed by atoms with E-state index in [4.69, 9.17) is 14.7 Å². The van der Waals surface area contributed by atoms with Crippen LogP contribution in [0.3, 0.4) is 0 Å². The van der Waals surface area contributed by atoms with Crippen LogP contribution in [0.5, 0.6) is 0 Å². The largest absolute Gasteiger partial charge is 0.376 e. The number of hydrogen-bond donors (Lipinski definition) is 0. The van der Waals surface area contributed by atoms with Crippen LogP contribution in [-0.2, 0) is 9.47 Å². The van der Waals surface area contributed by atoms with Crippen molar-refractivity contribution < 1.29 is 9.47 Å². The Morgan fingerprint density at radius 2 is 2.27 bits per heavy atom. The van der Waals surface area contributed by atoms with Gasteiger partial charge in [0.2, 0.25) is 0 Å². The molecule has 1 atom stereocenters. The average molecular weight is 203 g/mol. The summed E-state index contributed by atoms with van der Waals surface area (Å²) < 4.78 is 10.2. The molecule has 0 aromatic rings. The Labute approximate surface area is 88.5 Å². The molecule has 15 heavy (non-hydrogen) atoms. The first-order valence-electron chi connectivity index (χ1n) is 5.05. The van der Waals surface area contributed by atoms with Crippen molar-refractivity contribution in [1.82, 2.24) is 0 Å². The highest BCUT2D eigenvalue weighted by Crippen LogP contribution is 2.13. The molecule has 3 aliphatic rings. The number of hydrogen-bond acceptors (Lipinski definition) is 3. The third-order valence-electron chi connectivity index (χ3n) is 2.43. The molecule has 1 saturated heterocycles. The monoisotopic (exact) mass is 203 g/mol. The highest BCUT2D eigenvalue weighted by atomic mass is 16.6. The third kappa shape index (κ3) is 2.17. The standard InChI is InChI=1S/C7H3N.C5H10O2/c8-4-6-3-5-1-2-7(5)6;1-5-4-6-2-3-7-5/h1-3H;5H,2-4H2,1H3. The van der Waals surface area contributed by atoms with E-state index in [9.17, 15) is 0 Å². The first-order valence-corrected chi connectivity index (χ1v) is 5.05. The molecule has 0 amide bonds. The second kappa shape index (κ2) is 4.43. The Hall–Kier alpha value is -1.37. The molecule has 1 unspecified atom stereocenters. The molecule has 3 nitrogen and oxygen atoms in total. The number of nitrogens with zero attached hydrogens (tertiary/aromatic N) is 1. The molecule has 1 aliphatic heterocycles. The van der Waals surface area contributed by atoms with Crippen molar-refractivity contribution in [3.8, 4) is 6.07 Å². The first kappa shape index (κ1) is 10.2. The van der Waals surface area contributed by atoms with Gasteiger partial charge in [-0.3, -0.25) is 0 Å². The molecule has 3 rings (SSSR count). The molecule has 0 bridgehead atoms. The Morgan fingerprint density at radius 1 is 1.40 bits per heavy atom. The summed E-state index contributed by atoms with van der Waals surface area (Å²) in [6, 6.07) is 7.96. The van der Waals surface area contributed by atoms with Crippen LogP contribution in [0.1, 0.15) is 12.5 Å². The van der Waals surface area contributed by atoms with E-state index >= 15 is 0 Å². The molecule has 3 heteroatoms. The van der Waals surface area contributed by atoms with Gasteiger partial charge in [0.15, 0.2) is 0 Å². The van der Waals surface area contributed by atoms with Crippen LogP contribution in [-0.4, -0.2) is 25.9 Å². The van der Waals surface area contributed by atoms with Crippen molar-refractivity contribution in [3.63, 3.8) is 0 Å². The zero-order chi connectivity index (χ0) is 10.7. The number of ether oxygens (including phenoxy) is 2. The molecule has 1 fully saturated rings. The van der Waals surface area contributed by atoms with Crippen molar-refractivity contribution in [2.24, 2.45) is 0 Å². The maximum atomic E-state index is 8.32. The maximum absolute atomic E-state index is 8.32. The van der Waals surface area contributed by atoms with E-state index in [-0.39, 0.29) is 0 Å². The number of nitriles is 1. The van der Waals surface area contributed by atoms with E-state index in [1.807, 2.05) is 25.1 Å². The van der Waals surface area contributed by atoms with Crippen molar-refractivity contribution >= 4 is 0 Å². The van der Waals surface area contributed by atoms with Crippen LogP contribution < -0.4 is 0 Å². The second-order valence-electron chi connectivity index (χ2n) is 3.63. The van der Waals surface area contributed by atoms with Crippen molar-refractivity contribution in [2.75, 3.05) is 19.8 Å². The van der Waals surface area contributed by atoms with Crippen LogP contribution in [0.4, 0.5) is 0 Å². The lowest BCUT2D eigenvalue weighted by Gasteiger charge is -2.18. The molecular formula is C12H13NO2.